The van der Waals surface area contributed by atoms with Gasteiger partial charge in [0.25, 0.3) is 12.0 Å². The van der Waals surface area contributed by atoms with Crippen molar-refractivity contribution in [2.24, 2.45) is 0 Å². The largest absolute Gasteiger partial charge is 0.305 e. The van der Waals surface area contributed by atoms with E-state index < -0.39 is 23.6 Å². The SMILES string of the molecule is O=c1[nH]c(C(F)F)nc2ccc(F)cc12. The minimum atomic E-state index is -2.85. The second-order valence-electron chi connectivity index (χ2n) is 2.91. The van der Waals surface area contributed by atoms with E-state index in [1.54, 1.807) is 0 Å². The summed E-state index contributed by atoms with van der Waals surface area (Å²) < 4.78 is 37.2. The molecule has 0 radical (unpaired) electrons. The van der Waals surface area contributed by atoms with Gasteiger partial charge in [-0.3, -0.25) is 4.79 Å². The molecule has 0 unspecified atom stereocenters. The molecule has 0 amide bonds. The van der Waals surface area contributed by atoms with E-state index in [0.29, 0.717) is 0 Å². The fourth-order valence-electron chi connectivity index (χ4n) is 1.23. The zero-order valence-corrected chi connectivity index (χ0v) is 7.30. The first-order chi connectivity index (χ1) is 7.08. The van der Waals surface area contributed by atoms with Crippen molar-refractivity contribution in [1.29, 1.82) is 0 Å². The Kier molecular flexibility index (Phi) is 2.18. The van der Waals surface area contributed by atoms with Gasteiger partial charge in [-0.15, -0.1) is 0 Å². The Morgan fingerprint density at radius 2 is 2.07 bits per heavy atom. The van der Waals surface area contributed by atoms with Crippen LogP contribution in [0.3, 0.4) is 0 Å². The normalized spacial score (nSPS) is 11.2. The summed E-state index contributed by atoms with van der Waals surface area (Å²) in [4.78, 5) is 16.7. The Morgan fingerprint density at radius 3 is 2.73 bits per heavy atom. The first-order valence-corrected chi connectivity index (χ1v) is 4.05. The maximum Gasteiger partial charge on any atom is 0.295 e. The predicted octanol–water partition coefficient (Wildman–Crippen LogP) is 2.00. The quantitative estimate of drug-likeness (QED) is 0.789. The molecule has 0 aliphatic heterocycles. The highest BCUT2D eigenvalue weighted by Crippen LogP contribution is 2.15. The summed E-state index contributed by atoms with van der Waals surface area (Å²) in [7, 11) is 0. The van der Waals surface area contributed by atoms with Crippen LogP contribution in [0.1, 0.15) is 12.2 Å². The standard InChI is InChI=1S/C9H5F3N2O/c10-4-1-2-6-5(3-4)9(15)14-8(13-6)7(11)12/h1-3,7H,(H,13,14,15). The summed E-state index contributed by atoms with van der Waals surface area (Å²) in [6.45, 7) is 0. The van der Waals surface area contributed by atoms with Crippen molar-refractivity contribution in [2.45, 2.75) is 6.43 Å². The van der Waals surface area contributed by atoms with Crippen LogP contribution >= 0.6 is 0 Å². The van der Waals surface area contributed by atoms with E-state index in [9.17, 15) is 18.0 Å². The highest BCUT2D eigenvalue weighted by Gasteiger charge is 2.12. The van der Waals surface area contributed by atoms with E-state index in [0.717, 1.165) is 12.1 Å². The third-order valence-corrected chi connectivity index (χ3v) is 1.89. The molecule has 0 saturated carbocycles. The molecule has 78 valence electrons. The predicted molar refractivity (Wildman–Crippen MR) is 47.3 cm³/mol. The van der Waals surface area contributed by atoms with Crippen molar-refractivity contribution in [2.75, 3.05) is 0 Å². The molecule has 0 atom stereocenters. The van der Waals surface area contributed by atoms with Crippen molar-refractivity contribution in [3.63, 3.8) is 0 Å². The van der Waals surface area contributed by atoms with Gasteiger partial charge >= 0.3 is 0 Å². The van der Waals surface area contributed by atoms with Crippen LogP contribution in [0, 0.1) is 5.82 Å². The van der Waals surface area contributed by atoms with E-state index in [1.165, 1.54) is 6.07 Å². The van der Waals surface area contributed by atoms with E-state index in [-0.39, 0.29) is 10.9 Å². The monoisotopic (exact) mass is 214 g/mol. The van der Waals surface area contributed by atoms with Gasteiger partial charge in [0.15, 0.2) is 5.82 Å². The molecule has 6 heteroatoms. The lowest BCUT2D eigenvalue weighted by Crippen LogP contribution is -2.12. The van der Waals surface area contributed by atoms with Gasteiger partial charge in [0, 0.05) is 0 Å². The van der Waals surface area contributed by atoms with Crippen LogP contribution < -0.4 is 5.56 Å². The van der Waals surface area contributed by atoms with Crippen molar-refractivity contribution < 1.29 is 13.2 Å². The summed E-state index contributed by atoms with van der Waals surface area (Å²) >= 11 is 0. The number of fused-ring (bicyclic) bond motifs is 1. The molecule has 1 aromatic carbocycles. The van der Waals surface area contributed by atoms with Crippen LogP contribution in [-0.2, 0) is 0 Å². The number of benzene rings is 1. The maximum absolute atomic E-state index is 12.7. The molecule has 1 aromatic heterocycles. The molecular weight excluding hydrogens is 209 g/mol. The number of nitrogens with zero attached hydrogens (tertiary/aromatic N) is 1. The lowest BCUT2D eigenvalue weighted by Gasteiger charge is -2.01. The number of H-pyrrole nitrogens is 1. The fourth-order valence-corrected chi connectivity index (χ4v) is 1.23. The second-order valence-corrected chi connectivity index (χ2v) is 2.91. The zero-order valence-electron chi connectivity index (χ0n) is 7.30. The van der Waals surface area contributed by atoms with Crippen LogP contribution in [0.4, 0.5) is 13.2 Å². The number of rotatable bonds is 1. The molecule has 3 nitrogen and oxygen atoms in total. The van der Waals surface area contributed by atoms with Crippen LogP contribution in [-0.4, -0.2) is 9.97 Å². The molecule has 15 heavy (non-hydrogen) atoms. The first kappa shape index (κ1) is 9.70. The summed E-state index contributed by atoms with van der Waals surface area (Å²) in [5.41, 5.74) is -0.717. The summed E-state index contributed by atoms with van der Waals surface area (Å²) in [6.07, 6.45) is -2.85. The Labute approximate surface area is 81.6 Å². The van der Waals surface area contributed by atoms with Gasteiger partial charge in [-0.25, -0.2) is 18.2 Å². The molecule has 0 saturated heterocycles. The highest BCUT2D eigenvalue weighted by atomic mass is 19.3. The molecule has 0 fully saturated rings. The molecule has 1 N–H and O–H groups in total. The molecule has 0 spiro atoms. The Hall–Kier alpha value is -1.85. The van der Waals surface area contributed by atoms with Gasteiger partial charge < -0.3 is 4.98 Å². The third kappa shape index (κ3) is 1.70. The zero-order chi connectivity index (χ0) is 11.0. The van der Waals surface area contributed by atoms with E-state index in [2.05, 4.69) is 4.98 Å². The molecule has 0 bridgehead atoms. The van der Waals surface area contributed by atoms with Crippen molar-refractivity contribution in [3.8, 4) is 0 Å². The number of aromatic amines is 1. The molecular formula is C9H5F3N2O. The van der Waals surface area contributed by atoms with Gasteiger partial charge in [0.1, 0.15) is 5.82 Å². The number of aromatic nitrogens is 2. The number of alkyl halides is 2. The molecule has 2 rings (SSSR count). The van der Waals surface area contributed by atoms with Crippen LogP contribution in [0.5, 0.6) is 0 Å². The minimum absolute atomic E-state index is 0.0422. The number of halogens is 3. The summed E-state index contributed by atoms with van der Waals surface area (Å²) in [5.74, 6) is -1.32. The van der Waals surface area contributed by atoms with Crippen molar-refractivity contribution >= 4 is 10.9 Å². The number of nitrogens with one attached hydrogen (secondary N) is 1. The van der Waals surface area contributed by atoms with E-state index >= 15 is 0 Å². The molecule has 0 aliphatic rings. The first-order valence-electron chi connectivity index (χ1n) is 4.05. The van der Waals surface area contributed by atoms with Crippen LogP contribution in [0.25, 0.3) is 10.9 Å². The highest BCUT2D eigenvalue weighted by molar-refractivity contribution is 5.77. The second kappa shape index (κ2) is 3.38. The average molecular weight is 214 g/mol. The number of hydrogen-bond donors (Lipinski definition) is 1. The lowest BCUT2D eigenvalue weighted by atomic mass is 10.2. The minimum Gasteiger partial charge on any atom is -0.305 e. The Bertz CT molecular complexity index is 565. The maximum atomic E-state index is 12.7. The lowest BCUT2D eigenvalue weighted by molar-refractivity contribution is 0.140. The van der Waals surface area contributed by atoms with Gasteiger partial charge in [-0.2, -0.15) is 0 Å². The van der Waals surface area contributed by atoms with Gasteiger partial charge in [0.05, 0.1) is 10.9 Å². The summed E-state index contributed by atoms with van der Waals surface area (Å²) in [5, 5.41) is -0.0422. The fraction of sp³-hybridized carbons (Fsp3) is 0.111. The Morgan fingerprint density at radius 1 is 1.33 bits per heavy atom. The van der Waals surface area contributed by atoms with E-state index in [4.69, 9.17) is 0 Å². The van der Waals surface area contributed by atoms with Gasteiger partial charge in [-0.05, 0) is 18.2 Å². The smallest absolute Gasteiger partial charge is 0.295 e. The van der Waals surface area contributed by atoms with Crippen molar-refractivity contribution in [1.82, 2.24) is 9.97 Å². The third-order valence-electron chi connectivity index (χ3n) is 1.89. The molecule has 0 aliphatic carbocycles. The van der Waals surface area contributed by atoms with Crippen molar-refractivity contribution in [3.05, 3.63) is 40.2 Å². The summed E-state index contributed by atoms with van der Waals surface area (Å²) in [6, 6.07) is 3.20. The van der Waals surface area contributed by atoms with Gasteiger partial charge in [0.2, 0.25) is 0 Å². The number of hydrogen-bond acceptors (Lipinski definition) is 2. The molecule has 1 heterocycles. The van der Waals surface area contributed by atoms with E-state index in [1.807, 2.05) is 4.98 Å². The average Bonchev–Trinajstić information content (AvgIpc) is 2.18. The topological polar surface area (TPSA) is 45.8 Å². The Balaban J connectivity index is 2.79. The van der Waals surface area contributed by atoms with Crippen LogP contribution in [0.2, 0.25) is 0 Å². The van der Waals surface area contributed by atoms with Gasteiger partial charge in [-0.1, -0.05) is 0 Å². The van der Waals surface area contributed by atoms with Crippen LogP contribution in [0.15, 0.2) is 23.0 Å². The molecule has 2 aromatic rings.